The van der Waals surface area contributed by atoms with Crippen molar-refractivity contribution in [1.29, 1.82) is 0 Å². The van der Waals surface area contributed by atoms with Crippen LogP contribution >= 0.6 is 0 Å². The van der Waals surface area contributed by atoms with Crippen molar-refractivity contribution in [3.8, 4) is 5.75 Å². The van der Waals surface area contributed by atoms with Crippen molar-refractivity contribution in [3.63, 3.8) is 0 Å². The summed E-state index contributed by atoms with van der Waals surface area (Å²) in [6.07, 6.45) is 0. The molecule has 1 atom stereocenters. The quantitative estimate of drug-likeness (QED) is 0.717. The van der Waals surface area contributed by atoms with Gasteiger partial charge in [-0.3, -0.25) is 0 Å². The summed E-state index contributed by atoms with van der Waals surface area (Å²) in [7, 11) is 0. The van der Waals surface area contributed by atoms with Gasteiger partial charge in [-0.1, -0.05) is 0 Å². The van der Waals surface area contributed by atoms with Crippen molar-refractivity contribution in [2.24, 2.45) is 0 Å². The number of benzene rings is 1. The average molecular weight is 362 g/mol. The first kappa shape index (κ1) is 19.3. The minimum Gasteiger partial charge on any atom is -0.487 e. The SMILES string of the molecule is CCOC(=O)C1=C(COc2ccc(C(=O)OCC)cc2)NC(=O)N[C@@H]1C. The highest BCUT2D eigenvalue weighted by Crippen LogP contribution is 2.18. The summed E-state index contributed by atoms with van der Waals surface area (Å²) >= 11 is 0. The second-order valence-electron chi connectivity index (χ2n) is 5.47. The van der Waals surface area contributed by atoms with Gasteiger partial charge in [0.2, 0.25) is 0 Å². The molecular formula is C18H22N2O6. The van der Waals surface area contributed by atoms with Crippen LogP contribution in [0.5, 0.6) is 5.75 Å². The van der Waals surface area contributed by atoms with Gasteiger partial charge in [-0.15, -0.1) is 0 Å². The van der Waals surface area contributed by atoms with Gasteiger partial charge in [0.15, 0.2) is 0 Å². The molecule has 2 amide bonds. The van der Waals surface area contributed by atoms with Crippen molar-refractivity contribution in [3.05, 3.63) is 41.1 Å². The van der Waals surface area contributed by atoms with E-state index in [0.717, 1.165) is 0 Å². The molecule has 0 radical (unpaired) electrons. The number of hydrogen-bond acceptors (Lipinski definition) is 6. The molecule has 1 aliphatic rings. The van der Waals surface area contributed by atoms with E-state index in [1.54, 1.807) is 45.0 Å². The highest BCUT2D eigenvalue weighted by molar-refractivity contribution is 5.94. The van der Waals surface area contributed by atoms with Gasteiger partial charge >= 0.3 is 18.0 Å². The van der Waals surface area contributed by atoms with Crippen LogP contribution in [0.25, 0.3) is 0 Å². The van der Waals surface area contributed by atoms with Crippen LogP contribution in [-0.4, -0.2) is 43.8 Å². The second kappa shape index (κ2) is 8.89. The molecule has 0 fully saturated rings. The molecule has 0 bridgehead atoms. The van der Waals surface area contributed by atoms with Crippen molar-refractivity contribution >= 4 is 18.0 Å². The number of hydrogen-bond donors (Lipinski definition) is 2. The van der Waals surface area contributed by atoms with Crippen LogP contribution in [0.3, 0.4) is 0 Å². The van der Waals surface area contributed by atoms with Crippen LogP contribution in [0, 0.1) is 0 Å². The number of amides is 2. The molecule has 1 aliphatic heterocycles. The number of carbonyl (C=O) groups excluding carboxylic acids is 3. The zero-order valence-electron chi connectivity index (χ0n) is 15.0. The molecule has 1 aromatic rings. The highest BCUT2D eigenvalue weighted by atomic mass is 16.5. The summed E-state index contributed by atoms with van der Waals surface area (Å²) < 4.78 is 15.6. The lowest BCUT2D eigenvalue weighted by molar-refractivity contribution is -0.139. The Morgan fingerprint density at radius 1 is 1.04 bits per heavy atom. The normalized spacial score (nSPS) is 16.4. The molecule has 0 spiro atoms. The summed E-state index contributed by atoms with van der Waals surface area (Å²) in [5.74, 6) is -0.441. The monoisotopic (exact) mass is 362 g/mol. The predicted molar refractivity (Wildman–Crippen MR) is 92.7 cm³/mol. The molecule has 0 unspecified atom stereocenters. The molecule has 0 aromatic heterocycles. The van der Waals surface area contributed by atoms with E-state index in [-0.39, 0.29) is 13.2 Å². The van der Waals surface area contributed by atoms with E-state index in [1.807, 2.05) is 0 Å². The zero-order valence-corrected chi connectivity index (χ0v) is 15.0. The molecule has 8 nitrogen and oxygen atoms in total. The van der Waals surface area contributed by atoms with Gasteiger partial charge in [-0.25, -0.2) is 14.4 Å². The van der Waals surface area contributed by atoms with E-state index in [0.29, 0.717) is 29.2 Å². The molecular weight excluding hydrogens is 340 g/mol. The van der Waals surface area contributed by atoms with Crippen molar-refractivity contribution in [2.45, 2.75) is 26.8 Å². The van der Waals surface area contributed by atoms with Crippen LogP contribution in [-0.2, 0) is 14.3 Å². The van der Waals surface area contributed by atoms with E-state index in [9.17, 15) is 14.4 Å². The van der Waals surface area contributed by atoms with Gasteiger partial charge in [0.1, 0.15) is 12.4 Å². The molecule has 0 saturated carbocycles. The number of urea groups is 1. The van der Waals surface area contributed by atoms with Gasteiger partial charge in [0, 0.05) is 0 Å². The summed E-state index contributed by atoms with van der Waals surface area (Å²) in [5.41, 5.74) is 1.07. The molecule has 26 heavy (non-hydrogen) atoms. The average Bonchev–Trinajstić information content (AvgIpc) is 2.60. The fraction of sp³-hybridized carbons (Fsp3) is 0.389. The number of esters is 2. The van der Waals surface area contributed by atoms with Gasteiger partial charge < -0.3 is 24.8 Å². The molecule has 2 rings (SSSR count). The van der Waals surface area contributed by atoms with Crippen molar-refractivity contribution < 1.29 is 28.6 Å². The Kier molecular flexibility index (Phi) is 6.60. The first-order chi connectivity index (χ1) is 12.5. The predicted octanol–water partition coefficient (Wildman–Crippen LogP) is 1.76. The van der Waals surface area contributed by atoms with Gasteiger partial charge in [-0.05, 0) is 45.0 Å². The fourth-order valence-corrected chi connectivity index (χ4v) is 2.45. The van der Waals surface area contributed by atoms with Crippen LogP contribution in [0.15, 0.2) is 35.5 Å². The number of ether oxygens (including phenoxy) is 3. The number of carbonyl (C=O) groups is 3. The summed E-state index contributed by atoms with van der Waals surface area (Å²) in [5, 5.41) is 5.20. The topological polar surface area (TPSA) is 103 Å². The Balaban J connectivity index is 2.11. The van der Waals surface area contributed by atoms with E-state index >= 15 is 0 Å². The summed E-state index contributed by atoms with van der Waals surface area (Å²) in [6, 6.07) is 5.48. The third kappa shape index (κ3) is 4.75. The van der Waals surface area contributed by atoms with Crippen LogP contribution in [0.2, 0.25) is 0 Å². The van der Waals surface area contributed by atoms with Crippen molar-refractivity contribution in [1.82, 2.24) is 10.6 Å². The Bertz CT molecular complexity index is 711. The lowest BCUT2D eigenvalue weighted by Gasteiger charge is -2.26. The van der Waals surface area contributed by atoms with Crippen LogP contribution in [0.1, 0.15) is 31.1 Å². The maximum atomic E-state index is 12.1. The number of rotatable bonds is 7. The van der Waals surface area contributed by atoms with E-state index in [1.165, 1.54) is 0 Å². The van der Waals surface area contributed by atoms with E-state index in [2.05, 4.69) is 10.6 Å². The fourth-order valence-electron chi connectivity index (χ4n) is 2.45. The minimum absolute atomic E-state index is 0.0232. The lowest BCUT2D eigenvalue weighted by atomic mass is 10.0. The Morgan fingerprint density at radius 2 is 1.65 bits per heavy atom. The van der Waals surface area contributed by atoms with Crippen LogP contribution < -0.4 is 15.4 Å². The van der Waals surface area contributed by atoms with Crippen molar-refractivity contribution in [2.75, 3.05) is 19.8 Å². The smallest absolute Gasteiger partial charge is 0.338 e. The van der Waals surface area contributed by atoms with E-state index < -0.39 is 24.0 Å². The molecule has 1 aromatic carbocycles. The molecule has 2 N–H and O–H groups in total. The zero-order chi connectivity index (χ0) is 19.1. The van der Waals surface area contributed by atoms with Gasteiger partial charge in [-0.2, -0.15) is 0 Å². The largest absolute Gasteiger partial charge is 0.487 e. The van der Waals surface area contributed by atoms with Crippen LogP contribution in [0.4, 0.5) is 4.79 Å². The third-order valence-electron chi connectivity index (χ3n) is 3.61. The standard InChI is InChI=1S/C18H22N2O6/c1-4-24-16(21)12-6-8-13(9-7-12)26-10-14-15(17(22)25-5-2)11(3)19-18(23)20-14/h6-9,11H,4-5,10H2,1-3H3,(H2,19,20,23)/t11-/m1/s1. The first-order valence-electron chi connectivity index (χ1n) is 8.33. The number of nitrogens with one attached hydrogen (secondary N) is 2. The summed E-state index contributed by atoms with van der Waals surface area (Å²) in [4.78, 5) is 35.5. The Hall–Kier alpha value is -3.03. The maximum Gasteiger partial charge on any atom is 0.338 e. The molecule has 1 heterocycles. The first-order valence-corrected chi connectivity index (χ1v) is 8.33. The molecule has 0 saturated heterocycles. The summed E-state index contributed by atoms with van der Waals surface area (Å²) in [6.45, 7) is 5.64. The Labute approximate surface area is 151 Å². The minimum atomic E-state index is -0.510. The Morgan fingerprint density at radius 3 is 2.27 bits per heavy atom. The second-order valence-corrected chi connectivity index (χ2v) is 5.47. The molecule has 0 aliphatic carbocycles. The van der Waals surface area contributed by atoms with E-state index in [4.69, 9.17) is 14.2 Å². The highest BCUT2D eigenvalue weighted by Gasteiger charge is 2.29. The van der Waals surface area contributed by atoms with Gasteiger partial charge in [0.05, 0.1) is 36.1 Å². The molecule has 8 heteroatoms. The molecule has 140 valence electrons. The van der Waals surface area contributed by atoms with Gasteiger partial charge in [0.25, 0.3) is 0 Å². The maximum absolute atomic E-state index is 12.1. The third-order valence-corrected chi connectivity index (χ3v) is 3.61. The lowest BCUT2D eigenvalue weighted by Crippen LogP contribution is -2.50.